The lowest BCUT2D eigenvalue weighted by molar-refractivity contribution is -0.123. The maximum Gasteiger partial charge on any atom is 0.257 e. The van der Waals surface area contributed by atoms with Crippen molar-refractivity contribution in [3.8, 4) is 16.3 Å². The fraction of sp³-hybridized carbons (Fsp3) is 0.222. The van der Waals surface area contributed by atoms with Crippen molar-refractivity contribution in [3.63, 3.8) is 0 Å². The van der Waals surface area contributed by atoms with Crippen LogP contribution in [0.15, 0.2) is 48.1 Å². The summed E-state index contributed by atoms with van der Waals surface area (Å²) in [4.78, 5) is 20.5. The Bertz CT molecular complexity index is 796. The number of para-hydroxylation sites is 1. The molecule has 0 unspecified atom stereocenters. The number of nitrogens with zero attached hydrogens (tertiary/aromatic N) is 1. The summed E-state index contributed by atoms with van der Waals surface area (Å²) >= 11 is 1.65. The van der Waals surface area contributed by atoms with Crippen LogP contribution in [0.4, 0.5) is 0 Å². The van der Waals surface area contributed by atoms with Crippen LogP contribution in [-0.4, -0.2) is 29.0 Å². The van der Waals surface area contributed by atoms with E-state index in [0.717, 1.165) is 27.6 Å². The summed E-state index contributed by atoms with van der Waals surface area (Å²) in [7, 11) is 0. The SMILES string of the molecule is Cc1ccccc1OCC(=O)NCCc1[nH]cnc1-c1cccs1. The van der Waals surface area contributed by atoms with Crippen molar-refractivity contribution in [3.05, 3.63) is 59.4 Å². The van der Waals surface area contributed by atoms with E-state index in [4.69, 9.17) is 4.74 Å². The third-order valence-electron chi connectivity index (χ3n) is 3.62. The first-order valence-electron chi connectivity index (χ1n) is 7.75. The molecule has 2 heterocycles. The zero-order valence-electron chi connectivity index (χ0n) is 13.4. The minimum absolute atomic E-state index is 0.0195. The van der Waals surface area contributed by atoms with E-state index in [1.54, 1.807) is 17.7 Å². The maximum absolute atomic E-state index is 11.9. The Morgan fingerprint density at radius 2 is 2.17 bits per heavy atom. The second-order valence-electron chi connectivity index (χ2n) is 5.36. The normalized spacial score (nSPS) is 10.5. The van der Waals surface area contributed by atoms with E-state index in [-0.39, 0.29) is 12.5 Å². The molecule has 0 atom stereocenters. The summed E-state index contributed by atoms with van der Waals surface area (Å²) in [5.41, 5.74) is 3.00. The molecule has 6 heteroatoms. The molecule has 0 saturated heterocycles. The van der Waals surface area contributed by atoms with Gasteiger partial charge in [0.25, 0.3) is 5.91 Å². The average molecular weight is 341 g/mol. The topological polar surface area (TPSA) is 67.0 Å². The molecule has 124 valence electrons. The number of imidazole rings is 1. The first-order chi connectivity index (χ1) is 11.7. The largest absolute Gasteiger partial charge is 0.484 e. The summed E-state index contributed by atoms with van der Waals surface area (Å²) in [6.07, 6.45) is 2.39. The van der Waals surface area contributed by atoms with Crippen LogP contribution in [0.2, 0.25) is 0 Å². The Kier molecular flexibility index (Phi) is 5.28. The monoisotopic (exact) mass is 341 g/mol. The fourth-order valence-corrected chi connectivity index (χ4v) is 3.13. The lowest BCUT2D eigenvalue weighted by Gasteiger charge is -2.09. The molecule has 1 aromatic carbocycles. The maximum atomic E-state index is 11.9. The van der Waals surface area contributed by atoms with E-state index >= 15 is 0 Å². The number of H-pyrrole nitrogens is 1. The molecule has 0 fully saturated rings. The lowest BCUT2D eigenvalue weighted by Crippen LogP contribution is -2.30. The first-order valence-corrected chi connectivity index (χ1v) is 8.63. The summed E-state index contributed by atoms with van der Waals surface area (Å²) in [6.45, 7) is 2.51. The molecule has 3 aromatic rings. The Morgan fingerprint density at radius 1 is 1.29 bits per heavy atom. The number of nitrogens with one attached hydrogen (secondary N) is 2. The van der Waals surface area contributed by atoms with Gasteiger partial charge in [0.1, 0.15) is 11.4 Å². The highest BCUT2D eigenvalue weighted by Crippen LogP contribution is 2.25. The number of ether oxygens (including phenoxy) is 1. The molecule has 0 saturated carbocycles. The Morgan fingerprint density at radius 3 is 2.96 bits per heavy atom. The van der Waals surface area contributed by atoms with Gasteiger partial charge in [0.15, 0.2) is 6.61 Å². The van der Waals surface area contributed by atoms with E-state index in [0.29, 0.717) is 13.0 Å². The molecule has 5 nitrogen and oxygen atoms in total. The number of hydrogen-bond donors (Lipinski definition) is 2. The highest BCUT2D eigenvalue weighted by molar-refractivity contribution is 7.13. The summed E-state index contributed by atoms with van der Waals surface area (Å²) in [5.74, 6) is 0.608. The third-order valence-corrected chi connectivity index (χ3v) is 4.50. The van der Waals surface area contributed by atoms with Gasteiger partial charge in [-0.25, -0.2) is 4.98 Å². The van der Waals surface area contributed by atoms with Gasteiger partial charge in [-0.2, -0.15) is 0 Å². The van der Waals surface area contributed by atoms with Crippen molar-refractivity contribution in [2.24, 2.45) is 0 Å². The van der Waals surface area contributed by atoms with E-state index < -0.39 is 0 Å². The first kappa shape index (κ1) is 16.3. The van der Waals surface area contributed by atoms with Crippen LogP contribution in [0, 0.1) is 6.92 Å². The minimum Gasteiger partial charge on any atom is -0.484 e. The van der Waals surface area contributed by atoms with Gasteiger partial charge in [0, 0.05) is 18.7 Å². The van der Waals surface area contributed by atoms with Gasteiger partial charge in [-0.1, -0.05) is 24.3 Å². The smallest absolute Gasteiger partial charge is 0.257 e. The molecule has 0 aliphatic rings. The molecular weight excluding hydrogens is 322 g/mol. The molecule has 24 heavy (non-hydrogen) atoms. The van der Waals surface area contributed by atoms with E-state index in [2.05, 4.69) is 15.3 Å². The molecule has 0 aliphatic heterocycles. The Balaban J connectivity index is 1.46. The van der Waals surface area contributed by atoms with Crippen molar-refractivity contribution in [2.45, 2.75) is 13.3 Å². The molecule has 0 bridgehead atoms. The minimum atomic E-state index is -0.129. The van der Waals surface area contributed by atoms with Gasteiger partial charge in [0.05, 0.1) is 11.2 Å². The predicted octanol–water partition coefficient (Wildman–Crippen LogP) is 3.18. The summed E-state index contributed by atoms with van der Waals surface area (Å²) < 4.78 is 5.54. The van der Waals surface area contributed by atoms with Crippen LogP contribution in [0.3, 0.4) is 0 Å². The van der Waals surface area contributed by atoms with E-state index in [9.17, 15) is 4.79 Å². The van der Waals surface area contributed by atoms with Gasteiger partial charge in [-0.15, -0.1) is 11.3 Å². The van der Waals surface area contributed by atoms with Crippen molar-refractivity contribution >= 4 is 17.2 Å². The zero-order chi connectivity index (χ0) is 16.8. The number of aromatic nitrogens is 2. The van der Waals surface area contributed by atoms with Crippen molar-refractivity contribution in [1.29, 1.82) is 0 Å². The summed E-state index contributed by atoms with van der Waals surface area (Å²) in [6, 6.07) is 11.7. The number of carbonyl (C=O) groups is 1. The van der Waals surface area contributed by atoms with Crippen LogP contribution in [0.1, 0.15) is 11.3 Å². The molecule has 0 radical (unpaired) electrons. The van der Waals surface area contributed by atoms with Crippen molar-refractivity contribution in [1.82, 2.24) is 15.3 Å². The van der Waals surface area contributed by atoms with Crippen LogP contribution < -0.4 is 10.1 Å². The van der Waals surface area contributed by atoms with Crippen LogP contribution >= 0.6 is 11.3 Å². The Hall–Kier alpha value is -2.60. The molecule has 0 spiro atoms. The van der Waals surface area contributed by atoms with Crippen molar-refractivity contribution in [2.75, 3.05) is 13.2 Å². The van der Waals surface area contributed by atoms with Gasteiger partial charge in [-0.3, -0.25) is 4.79 Å². The zero-order valence-corrected chi connectivity index (χ0v) is 14.2. The fourth-order valence-electron chi connectivity index (χ4n) is 2.38. The van der Waals surface area contributed by atoms with Crippen molar-refractivity contribution < 1.29 is 9.53 Å². The number of rotatable bonds is 7. The van der Waals surface area contributed by atoms with E-state index in [1.165, 1.54) is 0 Å². The third kappa shape index (κ3) is 4.02. The van der Waals surface area contributed by atoms with Crippen LogP contribution in [-0.2, 0) is 11.2 Å². The molecule has 2 aromatic heterocycles. The second-order valence-corrected chi connectivity index (χ2v) is 6.31. The quantitative estimate of drug-likeness (QED) is 0.693. The second kappa shape index (κ2) is 7.79. The van der Waals surface area contributed by atoms with Gasteiger partial charge < -0.3 is 15.0 Å². The molecular formula is C18H19N3O2S. The van der Waals surface area contributed by atoms with Crippen LogP contribution in [0.5, 0.6) is 5.75 Å². The number of aryl methyl sites for hydroxylation is 1. The van der Waals surface area contributed by atoms with Gasteiger partial charge in [0.2, 0.25) is 0 Å². The number of aromatic amines is 1. The van der Waals surface area contributed by atoms with Crippen LogP contribution in [0.25, 0.3) is 10.6 Å². The van der Waals surface area contributed by atoms with Gasteiger partial charge >= 0.3 is 0 Å². The molecule has 1 amide bonds. The number of hydrogen-bond acceptors (Lipinski definition) is 4. The highest BCUT2D eigenvalue weighted by Gasteiger charge is 2.10. The number of amides is 1. The molecule has 2 N–H and O–H groups in total. The Labute approximate surface area is 144 Å². The number of thiophene rings is 1. The average Bonchev–Trinajstić information content (AvgIpc) is 3.25. The predicted molar refractivity (Wildman–Crippen MR) is 95.3 cm³/mol. The van der Waals surface area contributed by atoms with Gasteiger partial charge in [-0.05, 0) is 30.0 Å². The summed E-state index contributed by atoms with van der Waals surface area (Å²) in [5, 5.41) is 4.90. The molecule has 3 rings (SSSR count). The van der Waals surface area contributed by atoms with E-state index in [1.807, 2.05) is 48.7 Å². The standard InChI is InChI=1S/C18H19N3O2S/c1-13-5-2-3-6-15(13)23-11-17(22)19-9-8-14-18(21-12-20-14)16-7-4-10-24-16/h2-7,10,12H,8-9,11H2,1H3,(H,19,22)(H,20,21). The molecule has 0 aliphatic carbocycles. The number of benzene rings is 1. The lowest BCUT2D eigenvalue weighted by atomic mass is 10.2. The highest BCUT2D eigenvalue weighted by atomic mass is 32.1. The number of carbonyl (C=O) groups excluding carboxylic acids is 1.